The van der Waals surface area contributed by atoms with Crippen LogP contribution in [0.25, 0.3) is 0 Å². The van der Waals surface area contributed by atoms with Gasteiger partial charge in [-0.1, -0.05) is 0 Å². The van der Waals surface area contributed by atoms with Gasteiger partial charge >= 0.3 is 0 Å². The summed E-state index contributed by atoms with van der Waals surface area (Å²) in [4.78, 5) is 11.3. The second-order valence-corrected chi connectivity index (χ2v) is 6.44. The van der Waals surface area contributed by atoms with Crippen LogP contribution in [-0.2, 0) is 0 Å². The molecule has 1 atom stereocenters. The van der Waals surface area contributed by atoms with Crippen molar-refractivity contribution in [3.05, 3.63) is 18.1 Å². The SMILES string of the molecule is Cc1nccnc1N1CCCCC1CNC(C)(C)C. The molecule has 2 heterocycles. The van der Waals surface area contributed by atoms with Gasteiger partial charge in [0, 0.05) is 37.1 Å². The van der Waals surface area contributed by atoms with Crippen molar-refractivity contribution in [3.8, 4) is 0 Å². The number of nitrogens with one attached hydrogen (secondary N) is 1. The first-order valence-electron chi connectivity index (χ1n) is 7.27. The molecule has 1 fully saturated rings. The van der Waals surface area contributed by atoms with Gasteiger partial charge in [-0.25, -0.2) is 4.98 Å². The Morgan fingerprint density at radius 1 is 1.26 bits per heavy atom. The highest BCUT2D eigenvalue weighted by atomic mass is 15.2. The van der Waals surface area contributed by atoms with Crippen molar-refractivity contribution in [3.63, 3.8) is 0 Å². The van der Waals surface area contributed by atoms with E-state index in [9.17, 15) is 0 Å². The Balaban J connectivity index is 2.10. The molecule has 0 saturated carbocycles. The summed E-state index contributed by atoms with van der Waals surface area (Å²) in [6.45, 7) is 10.8. The molecule has 1 N–H and O–H groups in total. The Hall–Kier alpha value is -1.16. The molecule has 1 aliphatic rings. The number of hydrogen-bond acceptors (Lipinski definition) is 4. The lowest BCUT2D eigenvalue weighted by atomic mass is 10.00. The molecule has 1 saturated heterocycles. The van der Waals surface area contributed by atoms with Crippen LogP contribution in [0.4, 0.5) is 5.82 Å². The van der Waals surface area contributed by atoms with Crippen LogP contribution in [0.2, 0.25) is 0 Å². The second kappa shape index (κ2) is 5.87. The topological polar surface area (TPSA) is 41.1 Å². The summed E-state index contributed by atoms with van der Waals surface area (Å²) in [7, 11) is 0. The monoisotopic (exact) mass is 262 g/mol. The first-order chi connectivity index (χ1) is 8.97. The van der Waals surface area contributed by atoms with Crippen LogP contribution in [0, 0.1) is 6.92 Å². The van der Waals surface area contributed by atoms with Crippen LogP contribution in [-0.4, -0.2) is 34.6 Å². The molecular weight excluding hydrogens is 236 g/mol. The molecular formula is C15H26N4. The molecule has 1 aliphatic heterocycles. The van der Waals surface area contributed by atoms with Gasteiger partial charge in [0.25, 0.3) is 0 Å². The van der Waals surface area contributed by atoms with E-state index < -0.39 is 0 Å². The fraction of sp³-hybridized carbons (Fsp3) is 0.733. The van der Waals surface area contributed by atoms with E-state index in [-0.39, 0.29) is 5.54 Å². The minimum absolute atomic E-state index is 0.167. The number of aromatic nitrogens is 2. The van der Waals surface area contributed by atoms with Crippen LogP contribution in [0.5, 0.6) is 0 Å². The molecule has 1 aromatic heterocycles. The first-order valence-corrected chi connectivity index (χ1v) is 7.27. The van der Waals surface area contributed by atoms with Crippen molar-refractivity contribution in [2.24, 2.45) is 0 Å². The Labute approximate surface area is 116 Å². The van der Waals surface area contributed by atoms with Crippen LogP contribution in [0.15, 0.2) is 12.4 Å². The third kappa shape index (κ3) is 3.90. The van der Waals surface area contributed by atoms with E-state index in [1.54, 1.807) is 12.4 Å². The number of nitrogens with zero attached hydrogens (tertiary/aromatic N) is 3. The number of hydrogen-bond donors (Lipinski definition) is 1. The van der Waals surface area contributed by atoms with Crippen LogP contribution in [0.3, 0.4) is 0 Å². The number of rotatable bonds is 3. The summed E-state index contributed by atoms with van der Waals surface area (Å²) in [5, 5.41) is 3.62. The summed E-state index contributed by atoms with van der Waals surface area (Å²) in [5.74, 6) is 1.06. The molecule has 4 heteroatoms. The number of anilines is 1. The molecule has 0 aromatic carbocycles. The highest BCUT2D eigenvalue weighted by Gasteiger charge is 2.25. The van der Waals surface area contributed by atoms with Gasteiger partial charge in [-0.15, -0.1) is 0 Å². The molecule has 0 amide bonds. The smallest absolute Gasteiger partial charge is 0.150 e. The molecule has 0 spiro atoms. The molecule has 106 valence electrons. The zero-order valence-corrected chi connectivity index (χ0v) is 12.6. The summed E-state index contributed by atoms with van der Waals surface area (Å²) >= 11 is 0. The van der Waals surface area contributed by atoms with E-state index >= 15 is 0 Å². The lowest BCUT2D eigenvalue weighted by molar-refractivity contribution is 0.365. The van der Waals surface area contributed by atoms with E-state index in [2.05, 4.69) is 41.0 Å². The molecule has 1 aromatic rings. The van der Waals surface area contributed by atoms with Crippen molar-refractivity contribution >= 4 is 5.82 Å². The van der Waals surface area contributed by atoms with Gasteiger partial charge in [0.1, 0.15) is 5.82 Å². The van der Waals surface area contributed by atoms with Crippen molar-refractivity contribution in [2.45, 2.75) is 58.5 Å². The van der Waals surface area contributed by atoms with Crippen molar-refractivity contribution in [1.29, 1.82) is 0 Å². The maximum absolute atomic E-state index is 4.53. The largest absolute Gasteiger partial charge is 0.351 e. The van der Waals surface area contributed by atoms with Gasteiger partial charge in [0.15, 0.2) is 0 Å². The lowest BCUT2D eigenvalue weighted by Gasteiger charge is -2.38. The maximum atomic E-state index is 4.53. The predicted octanol–water partition coefficient (Wildman–Crippen LogP) is 2.53. The lowest BCUT2D eigenvalue weighted by Crippen LogP contribution is -2.50. The zero-order chi connectivity index (χ0) is 13.9. The highest BCUT2D eigenvalue weighted by Crippen LogP contribution is 2.24. The molecule has 19 heavy (non-hydrogen) atoms. The van der Waals surface area contributed by atoms with Gasteiger partial charge < -0.3 is 10.2 Å². The Morgan fingerprint density at radius 3 is 2.68 bits per heavy atom. The normalized spacial score (nSPS) is 20.6. The third-order valence-corrected chi connectivity index (χ3v) is 3.62. The molecule has 4 nitrogen and oxygen atoms in total. The van der Waals surface area contributed by atoms with Crippen LogP contribution < -0.4 is 10.2 Å². The molecule has 2 rings (SSSR count). The fourth-order valence-corrected chi connectivity index (χ4v) is 2.60. The Bertz CT molecular complexity index is 411. The van der Waals surface area contributed by atoms with E-state index in [1.807, 2.05) is 6.92 Å². The average molecular weight is 262 g/mol. The Kier molecular flexibility index (Phi) is 4.40. The van der Waals surface area contributed by atoms with Gasteiger partial charge in [0.2, 0.25) is 0 Å². The Morgan fingerprint density at radius 2 is 2.00 bits per heavy atom. The van der Waals surface area contributed by atoms with Crippen molar-refractivity contribution in [2.75, 3.05) is 18.0 Å². The summed E-state index contributed by atoms with van der Waals surface area (Å²) in [6.07, 6.45) is 7.36. The molecule has 0 radical (unpaired) electrons. The van der Waals surface area contributed by atoms with Gasteiger partial charge in [0.05, 0.1) is 5.69 Å². The predicted molar refractivity (Wildman–Crippen MR) is 79.5 cm³/mol. The van der Waals surface area contributed by atoms with Gasteiger partial charge in [-0.05, 0) is 47.0 Å². The third-order valence-electron chi connectivity index (χ3n) is 3.62. The quantitative estimate of drug-likeness (QED) is 0.909. The number of piperidine rings is 1. The van der Waals surface area contributed by atoms with Gasteiger partial charge in [-0.2, -0.15) is 0 Å². The average Bonchev–Trinajstić information content (AvgIpc) is 2.37. The molecule has 0 aliphatic carbocycles. The summed E-state index contributed by atoms with van der Waals surface area (Å²) < 4.78 is 0. The van der Waals surface area contributed by atoms with Crippen LogP contribution >= 0.6 is 0 Å². The van der Waals surface area contributed by atoms with E-state index in [4.69, 9.17) is 0 Å². The number of aryl methyl sites for hydroxylation is 1. The first kappa shape index (κ1) is 14.3. The van der Waals surface area contributed by atoms with Crippen molar-refractivity contribution in [1.82, 2.24) is 15.3 Å². The maximum Gasteiger partial charge on any atom is 0.150 e. The standard InChI is InChI=1S/C15H26N4/c1-12-14(17-9-8-16-12)19-10-6-5-7-13(19)11-18-15(2,3)4/h8-9,13,18H,5-7,10-11H2,1-4H3. The van der Waals surface area contributed by atoms with E-state index in [1.165, 1.54) is 19.3 Å². The van der Waals surface area contributed by atoms with E-state index in [0.717, 1.165) is 24.6 Å². The second-order valence-electron chi connectivity index (χ2n) is 6.44. The summed E-state index contributed by atoms with van der Waals surface area (Å²) in [5.41, 5.74) is 1.20. The van der Waals surface area contributed by atoms with Gasteiger partial charge in [-0.3, -0.25) is 4.98 Å². The highest BCUT2D eigenvalue weighted by molar-refractivity contribution is 5.44. The minimum atomic E-state index is 0.167. The van der Waals surface area contributed by atoms with Crippen LogP contribution in [0.1, 0.15) is 45.7 Å². The zero-order valence-electron chi connectivity index (χ0n) is 12.6. The molecule has 0 bridgehead atoms. The fourth-order valence-electron chi connectivity index (χ4n) is 2.60. The van der Waals surface area contributed by atoms with E-state index in [0.29, 0.717) is 6.04 Å². The van der Waals surface area contributed by atoms with Crippen molar-refractivity contribution < 1.29 is 0 Å². The summed E-state index contributed by atoms with van der Waals surface area (Å²) in [6, 6.07) is 0.531. The minimum Gasteiger partial charge on any atom is -0.351 e. The molecule has 1 unspecified atom stereocenters.